The van der Waals surface area contributed by atoms with Crippen LogP contribution in [-0.4, -0.2) is 58.9 Å². The van der Waals surface area contributed by atoms with Gasteiger partial charge in [-0.15, -0.1) is 0 Å². The summed E-state index contributed by atoms with van der Waals surface area (Å²) in [6.45, 7) is 4.09. The molecule has 1 unspecified atom stereocenters. The van der Waals surface area contributed by atoms with Gasteiger partial charge in [-0.05, 0) is 25.2 Å². The first-order valence-electron chi connectivity index (χ1n) is 7.23. The normalized spacial score (nSPS) is 23.9. The van der Waals surface area contributed by atoms with Crippen LogP contribution in [0.15, 0.2) is 0 Å². The molecule has 2 aliphatic rings. The van der Waals surface area contributed by atoms with Crippen LogP contribution >= 0.6 is 0 Å². The van der Waals surface area contributed by atoms with Crippen LogP contribution in [0.3, 0.4) is 0 Å². The van der Waals surface area contributed by atoms with E-state index in [0.717, 1.165) is 19.3 Å². The highest BCUT2D eigenvalue weighted by molar-refractivity contribution is 5.80. The van der Waals surface area contributed by atoms with Crippen molar-refractivity contribution in [3.63, 3.8) is 0 Å². The fourth-order valence-corrected chi connectivity index (χ4v) is 3.15. The van der Waals surface area contributed by atoms with Crippen LogP contribution in [0.5, 0.6) is 0 Å². The third-order valence-corrected chi connectivity index (χ3v) is 4.35. The predicted molar refractivity (Wildman–Crippen MR) is 71.9 cm³/mol. The second-order valence-corrected chi connectivity index (χ2v) is 5.82. The van der Waals surface area contributed by atoms with Gasteiger partial charge in [0, 0.05) is 45.4 Å². The summed E-state index contributed by atoms with van der Waals surface area (Å²) in [4.78, 5) is 37.9. The molecular formula is C14H22N2O4. The molecule has 6 nitrogen and oxygen atoms in total. The minimum absolute atomic E-state index is 0.00539. The highest BCUT2D eigenvalue weighted by Gasteiger charge is 2.33. The summed E-state index contributed by atoms with van der Waals surface area (Å²) in [6, 6.07) is 0. The van der Waals surface area contributed by atoms with Gasteiger partial charge in [-0.2, -0.15) is 0 Å². The second kappa shape index (κ2) is 6.24. The smallest absolute Gasteiger partial charge is 0.303 e. The summed E-state index contributed by atoms with van der Waals surface area (Å²) in [5.74, 6) is -0.498. The number of carbonyl (C=O) groups excluding carboxylic acids is 2. The monoisotopic (exact) mass is 282 g/mol. The van der Waals surface area contributed by atoms with E-state index in [1.165, 1.54) is 0 Å². The number of amides is 2. The maximum absolute atomic E-state index is 12.4. The highest BCUT2D eigenvalue weighted by Crippen LogP contribution is 2.25. The predicted octanol–water partition coefficient (Wildman–Crippen LogP) is 0.568. The van der Waals surface area contributed by atoms with E-state index in [9.17, 15) is 14.4 Å². The molecule has 0 aromatic carbocycles. The molecule has 0 aliphatic carbocycles. The molecule has 2 aliphatic heterocycles. The zero-order valence-corrected chi connectivity index (χ0v) is 11.9. The number of nitrogens with zero attached hydrogens (tertiary/aromatic N) is 2. The zero-order chi connectivity index (χ0) is 14.7. The highest BCUT2D eigenvalue weighted by atomic mass is 16.4. The summed E-state index contributed by atoms with van der Waals surface area (Å²) < 4.78 is 0. The Morgan fingerprint density at radius 1 is 1.05 bits per heavy atom. The standard InChI is InChI=1S/C14H22N2O4/c1-10(17)15-6-3-12(4-7-15)14(20)16-5-2-11(9-16)8-13(18)19/h11-12H,2-9H2,1H3,(H,18,19). The third-order valence-electron chi connectivity index (χ3n) is 4.35. The Morgan fingerprint density at radius 2 is 1.65 bits per heavy atom. The molecule has 1 atom stereocenters. The lowest BCUT2D eigenvalue weighted by Gasteiger charge is -2.32. The van der Waals surface area contributed by atoms with Crippen LogP contribution in [0.4, 0.5) is 0 Å². The van der Waals surface area contributed by atoms with Crippen molar-refractivity contribution in [3.8, 4) is 0 Å². The van der Waals surface area contributed by atoms with Crippen LogP contribution in [0.2, 0.25) is 0 Å². The molecule has 2 saturated heterocycles. The molecule has 1 N–H and O–H groups in total. The molecule has 2 rings (SSSR count). The Labute approximate surface area is 118 Å². The molecule has 2 amide bonds. The number of hydrogen-bond donors (Lipinski definition) is 1. The molecule has 0 saturated carbocycles. The van der Waals surface area contributed by atoms with Crippen molar-refractivity contribution in [1.82, 2.24) is 9.80 Å². The van der Waals surface area contributed by atoms with Crippen molar-refractivity contribution in [2.45, 2.75) is 32.6 Å². The number of carbonyl (C=O) groups is 3. The lowest BCUT2D eigenvalue weighted by molar-refractivity contribution is -0.140. The van der Waals surface area contributed by atoms with Gasteiger partial charge in [0.2, 0.25) is 11.8 Å². The Hall–Kier alpha value is -1.59. The van der Waals surface area contributed by atoms with Crippen molar-refractivity contribution in [2.75, 3.05) is 26.2 Å². The van der Waals surface area contributed by atoms with Gasteiger partial charge in [-0.1, -0.05) is 0 Å². The quantitative estimate of drug-likeness (QED) is 0.821. The van der Waals surface area contributed by atoms with E-state index in [-0.39, 0.29) is 30.1 Å². The molecule has 2 heterocycles. The van der Waals surface area contributed by atoms with Gasteiger partial charge in [-0.3, -0.25) is 14.4 Å². The molecule has 6 heteroatoms. The average molecular weight is 282 g/mol. The van der Waals surface area contributed by atoms with E-state index in [4.69, 9.17) is 5.11 Å². The number of carboxylic acid groups (broad SMARTS) is 1. The first-order valence-corrected chi connectivity index (χ1v) is 7.23. The van der Waals surface area contributed by atoms with E-state index in [2.05, 4.69) is 0 Å². The zero-order valence-electron chi connectivity index (χ0n) is 11.9. The molecular weight excluding hydrogens is 260 g/mol. The fraction of sp³-hybridized carbons (Fsp3) is 0.786. The molecule has 112 valence electrons. The molecule has 0 aromatic rings. The molecule has 0 radical (unpaired) electrons. The minimum Gasteiger partial charge on any atom is -0.481 e. The Morgan fingerprint density at radius 3 is 2.20 bits per heavy atom. The number of hydrogen-bond acceptors (Lipinski definition) is 3. The van der Waals surface area contributed by atoms with Gasteiger partial charge < -0.3 is 14.9 Å². The van der Waals surface area contributed by atoms with Gasteiger partial charge in [0.05, 0.1) is 0 Å². The Bertz CT molecular complexity index is 398. The summed E-state index contributed by atoms with van der Waals surface area (Å²) in [5.41, 5.74) is 0. The molecule has 2 fully saturated rings. The summed E-state index contributed by atoms with van der Waals surface area (Å²) in [7, 11) is 0. The Kier molecular flexibility index (Phi) is 4.62. The number of aliphatic carboxylic acids is 1. The van der Waals surface area contributed by atoms with Crippen LogP contribution in [0.1, 0.15) is 32.6 Å². The van der Waals surface area contributed by atoms with E-state index < -0.39 is 5.97 Å². The fourth-order valence-electron chi connectivity index (χ4n) is 3.15. The van der Waals surface area contributed by atoms with E-state index in [1.807, 2.05) is 4.90 Å². The summed E-state index contributed by atoms with van der Waals surface area (Å²) in [6.07, 6.45) is 2.37. The largest absolute Gasteiger partial charge is 0.481 e. The second-order valence-electron chi connectivity index (χ2n) is 5.82. The lowest BCUT2D eigenvalue weighted by Crippen LogP contribution is -2.43. The van der Waals surface area contributed by atoms with Crippen LogP contribution in [-0.2, 0) is 14.4 Å². The first-order chi connectivity index (χ1) is 9.47. The molecule has 20 heavy (non-hydrogen) atoms. The minimum atomic E-state index is -0.793. The summed E-state index contributed by atoms with van der Waals surface area (Å²) in [5, 5.41) is 8.79. The molecule has 0 spiro atoms. The number of piperidine rings is 1. The Balaban J connectivity index is 1.81. The van der Waals surface area contributed by atoms with E-state index in [0.29, 0.717) is 26.2 Å². The van der Waals surface area contributed by atoms with Crippen LogP contribution in [0.25, 0.3) is 0 Å². The maximum Gasteiger partial charge on any atom is 0.303 e. The van der Waals surface area contributed by atoms with Crippen LogP contribution in [0, 0.1) is 11.8 Å². The van der Waals surface area contributed by atoms with Crippen molar-refractivity contribution >= 4 is 17.8 Å². The van der Waals surface area contributed by atoms with E-state index >= 15 is 0 Å². The summed E-state index contributed by atoms with van der Waals surface area (Å²) >= 11 is 0. The van der Waals surface area contributed by atoms with Gasteiger partial charge in [0.25, 0.3) is 0 Å². The van der Waals surface area contributed by atoms with Crippen molar-refractivity contribution in [3.05, 3.63) is 0 Å². The first kappa shape index (κ1) is 14.8. The van der Waals surface area contributed by atoms with Gasteiger partial charge >= 0.3 is 5.97 Å². The SMILES string of the molecule is CC(=O)N1CCC(C(=O)N2CCC(CC(=O)O)C2)CC1. The third kappa shape index (κ3) is 3.49. The lowest BCUT2D eigenvalue weighted by atomic mass is 9.95. The van der Waals surface area contributed by atoms with Crippen molar-refractivity contribution in [2.24, 2.45) is 11.8 Å². The number of carboxylic acids is 1. The average Bonchev–Trinajstić information content (AvgIpc) is 2.85. The van der Waals surface area contributed by atoms with Crippen molar-refractivity contribution < 1.29 is 19.5 Å². The molecule has 0 aromatic heterocycles. The van der Waals surface area contributed by atoms with Gasteiger partial charge in [0.15, 0.2) is 0 Å². The van der Waals surface area contributed by atoms with Gasteiger partial charge in [0.1, 0.15) is 0 Å². The topological polar surface area (TPSA) is 77.9 Å². The molecule has 0 bridgehead atoms. The van der Waals surface area contributed by atoms with E-state index in [1.54, 1.807) is 11.8 Å². The van der Waals surface area contributed by atoms with Crippen LogP contribution < -0.4 is 0 Å². The maximum atomic E-state index is 12.4. The van der Waals surface area contributed by atoms with Gasteiger partial charge in [-0.25, -0.2) is 0 Å². The number of rotatable bonds is 3. The van der Waals surface area contributed by atoms with Crippen molar-refractivity contribution in [1.29, 1.82) is 0 Å². The number of likely N-dealkylation sites (tertiary alicyclic amines) is 2.